The molecule has 0 bridgehead atoms. The predicted molar refractivity (Wildman–Crippen MR) is 73.1 cm³/mol. The van der Waals surface area contributed by atoms with Crippen molar-refractivity contribution in [2.75, 3.05) is 27.2 Å². The zero-order valence-electron chi connectivity index (χ0n) is 11.9. The van der Waals surface area contributed by atoms with Crippen molar-refractivity contribution >= 4 is 11.6 Å². The van der Waals surface area contributed by atoms with Gasteiger partial charge in [0.25, 0.3) is 5.91 Å². The second-order valence-electron chi connectivity index (χ2n) is 4.81. The Morgan fingerprint density at radius 1 is 1.33 bits per heavy atom. The van der Waals surface area contributed by atoms with Crippen LogP contribution in [0.4, 0.5) is 14.5 Å². The summed E-state index contributed by atoms with van der Waals surface area (Å²) in [6.45, 7) is 1.13. The molecule has 0 fully saturated rings. The number of nitro benzene ring substituents is 1. The van der Waals surface area contributed by atoms with Crippen LogP contribution in [0.2, 0.25) is 0 Å². The van der Waals surface area contributed by atoms with E-state index in [1.807, 2.05) is 19.0 Å². The third-order valence-corrected chi connectivity index (χ3v) is 2.78. The van der Waals surface area contributed by atoms with E-state index in [-0.39, 0.29) is 6.54 Å². The van der Waals surface area contributed by atoms with Crippen LogP contribution in [0.15, 0.2) is 12.1 Å². The van der Waals surface area contributed by atoms with Crippen molar-refractivity contribution in [1.82, 2.24) is 10.2 Å². The van der Waals surface area contributed by atoms with Crippen LogP contribution < -0.4 is 5.32 Å². The van der Waals surface area contributed by atoms with Gasteiger partial charge in [0, 0.05) is 6.54 Å². The van der Waals surface area contributed by atoms with Gasteiger partial charge in [0.2, 0.25) is 5.82 Å². The highest BCUT2D eigenvalue weighted by molar-refractivity contribution is 5.95. The molecule has 1 amide bonds. The Hall–Kier alpha value is -2.09. The molecule has 0 unspecified atom stereocenters. The first-order chi connectivity index (χ1) is 9.82. The van der Waals surface area contributed by atoms with E-state index in [0.29, 0.717) is 18.6 Å². The number of unbranched alkanes of at least 4 members (excludes halogenated alkanes) is 1. The Balaban J connectivity index is 2.68. The molecule has 1 aromatic rings. The molecule has 0 atom stereocenters. The summed E-state index contributed by atoms with van der Waals surface area (Å²) in [5.74, 6) is -3.21. The van der Waals surface area contributed by atoms with Crippen LogP contribution >= 0.6 is 0 Å². The van der Waals surface area contributed by atoms with E-state index < -0.39 is 33.7 Å². The lowest BCUT2D eigenvalue weighted by Gasteiger charge is -2.09. The molecule has 0 spiro atoms. The van der Waals surface area contributed by atoms with Crippen LogP contribution in [0.25, 0.3) is 0 Å². The fourth-order valence-corrected chi connectivity index (χ4v) is 1.72. The summed E-state index contributed by atoms with van der Waals surface area (Å²) in [6, 6.07) is 1.10. The smallest absolute Gasteiger partial charge is 0.308 e. The van der Waals surface area contributed by atoms with Gasteiger partial charge in [-0.1, -0.05) is 0 Å². The van der Waals surface area contributed by atoms with Crippen molar-refractivity contribution < 1.29 is 18.5 Å². The summed E-state index contributed by atoms with van der Waals surface area (Å²) in [5.41, 5.74) is -1.71. The van der Waals surface area contributed by atoms with Gasteiger partial charge >= 0.3 is 5.69 Å². The first kappa shape index (κ1) is 17.0. The predicted octanol–water partition coefficient (Wildman–Crippen LogP) is 1.94. The summed E-state index contributed by atoms with van der Waals surface area (Å²) in [6.07, 6.45) is 1.50. The fourth-order valence-electron chi connectivity index (χ4n) is 1.72. The molecule has 0 aliphatic carbocycles. The van der Waals surface area contributed by atoms with Crippen LogP contribution in [0, 0.1) is 21.7 Å². The van der Waals surface area contributed by atoms with E-state index in [9.17, 15) is 23.7 Å². The van der Waals surface area contributed by atoms with E-state index in [2.05, 4.69) is 5.32 Å². The summed E-state index contributed by atoms with van der Waals surface area (Å²) < 4.78 is 27.0. The molecular formula is C13H17F2N3O3. The third-order valence-electron chi connectivity index (χ3n) is 2.78. The number of nitrogens with one attached hydrogen (secondary N) is 1. The molecule has 1 N–H and O–H groups in total. The monoisotopic (exact) mass is 301 g/mol. The van der Waals surface area contributed by atoms with Crippen molar-refractivity contribution in [3.05, 3.63) is 39.4 Å². The van der Waals surface area contributed by atoms with Gasteiger partial charge in [0.1, 0.15) is 5.82 Å². The van der Waals surface area contributed by atoms with Crippen LogP contribution in [0.1, 0.15) is 23.2 Å². The highest BCUT2D eigenvalue weighted by Crippen LogP contribution is 2.22. The molecule has 0 saturated carbocycles. The summed E-state index contributed by atoms with van der Waals surface area (Å²) in [5, 5.41) is 13.0. The van der Waals surface area contributed by atoms with E-state index in [1.54, 1.807) is 0 Å². The fraction of sp³-hybridized carbons (Fsp3) is 0.462. The molecule has 21 heavy (non-hydrogen) atoms. The van der Waals surface area contributed by atoms with Crippen molar-refractivity contribution in [2.45, 2.75) is 12.8 Å². The first-order valence-electron chi connectivity index (χ1n) is 6.39. The second-order valence-corrected chi connectivity index (χ2v) is 4.81. The molecule has 0 aliphatic rings. The summed E-state index contributed by atoms with van der Waals surface area (Å²) in [7, 11) is 3.83. The maximum Gasteiger partial charge on any atom is 0.308 e. The molecule has 1 rings (SSSR count). The first-order valence-corrected chi connectivity index (χ1v) is 6.39. The molecule has 0 heterocycles. The van der Waals surface area contributed by atoms with E-state index in [0.717, 1.165) is 13.0 Å². The van der Waals surface area contributed by atoms with E-state index in [4.69, 9.17) is 0 Å². The normalized spacial score (nSPS) is 10.7. The molecule has 116 valence electrons. The lowest BCUT2D eigenvalue weighted by atomic mass is 10.1. The lowest BCUT2D eigenvalue weighted by Crippen LogP contribution is -2.26. The Morgan fingerprint density at radius 3 is 2.57 bits per heavy atom. The number of nitro groups is 1. The lowest BCUT2D eigenvalue weighted by molar-refractivity contribution is -0.387. The number of hydrogen-bond acceptors (Lipinski definition) is 4. The number of amides is 1. The average molecular weight is 301 g/mol. The largest absolute Gasteiger partial charge is 0.352 e. The minimum Gasteiger partial charge on any atom is -0.352 e. The molecule has 0 aromatic heterocycles. The van der Waals surface area contributed by atoms with Gasteiger partial charge in [-0.3, -0.25) is 14.9 Å². The van der Waals surface area contributed by atoms with Crippen LogP contribution in [-0.2, 0) is 0 Å². The standard InChI is InChI=1S/C13H17F2N3O3/c1-17(2)6-4-3-5-16-13(19)10-7-9(14)8-11(12(10)15)18(20)21/h7-8H,3-6H2,1-2H3,(H,16,19). The topological polar surface area (TPSA) is 75.5 Å². The molecule has 6 nitrogen and oxygen atoms in total. The number of benzene rings is 1. The third kappa shape index (κ3) is 5.07. The number of carbonyl (C=O) groups excluding carboxylic acids is 1. The highest BCUT2D eigenvalue weighted by Gasteiger charge is 2.23. The highest BCUT2D eigenvalue weighted by atomic mass is 19.1. The van der Waals surface area contributed by atoms with Crippen LogP contribution in [0.3, 0.4) is 0 Å². The zero-order chi connectivity index (χ0) is 16.0. The molecule has 0 saturated heterocycles. The van der Waals surface area contributed by atoms with E-state index in [1.165, 1.54) is 0 Å². The van der Waals surface area contributed by atoms with Gasteiger partial charge in [-0.15, -0.1) is 0 Å². The zero-order valence-corrected chi connectivity index (χ0v) is 11.9. The van der Waals surface area contributed by atoms with Gasteiger partial charge in [-0.25, -0.2) is 4.39 Å². The Labute approximate surface area is 120 Å². The maximum absolute atomic E-state index is 13.8. The Kier molecular flexibility index (Phi) is 6.16. The van der Waals surface area contributed by atoms with Crippen LogP contribution in [-0.4, -0.2) is 42.9 Å². The summed E-state index contributed by atoms with van der Waals surface area (Å²) >= 11 is 0. The van der Waals surface area contributed by atoms with Gasteiger partial charge in [-0.05, 0) is 39.5 Å². The SMILES string of the molecule is CN(C)CCCCNC(=O)c1cc(F)cc([N+](=O)[O-])c1F. The second kappa shape index (κ2) is 7.63. The number of hydrogen-bond donors (Lipinski definition) is 1. The number of nitrogens with zero attached hydrogens (tertiary/aromatic N) is 2. The van der Waals surface area contributed by atoms with Crippen LogP contribution in [0.5, 0.6) is 0 Å². The van der Waals surface area contributed by atoms with Gasteiger partial charge in [-0.2, -0.15) is 4.39 Å². The Morgan fingerprint density at radius 2 is 2.00 bits per heavy atom. The van der Waals surface area contributed by atoms with Crippen molar-refractivity contribution in [3.8, 4) is 0 Å². The molecule has 1 aromatic carbocycles. The quantitative estimate of drug-likeness (QED) is 0.474. The van der Waals surface area contributed by atoms with E-state index >= 15 is 0 Å². The number of halogens is 2. The van der Waals surface area contributed by atoms with Gasteiger partial charge in [0.15, 0.2) is 0 Å². The molecule has 0 aliphatic heterocycles. The Bertz CT molecular complexity index is 536. The maximum atomic E-state index is 13.8. The molecular weight excluding hydrogens is 284 g/mol. The average Bonchev–Trinajstić information content (AvgIpc) is 2.39. The van der Waals surface area contributed by atoms with Gasteiger partial charge < -0.3 is 10.2 Å². The molecule has 0 radical (unpaired) electrons. The van der Waals surface area contributed by atoms with Crippen molar-refractivity contribution in [3.63, 3.8) is 0 Å². The van der Waals surface area contributed by atoms with Gasteiger partial charge in [0.05, 0.1) is 16.6 Å². The number of carbonyl (C=O) groups is 1. The van der Waals surface area contributed by atoms with Crippen molar-refractivity contribution in [2.24, 2.45) is 0 Å². The van der Waals surface area contributed by atoms with Crippen molar-refractivity contribution in [1.29, 1.82) is 0 Å². The minimum absolute atomic E-state index is 0.288. The number of rotatable bonds is 7. The minimum atomic E-state index is -1.33. The summed E-state index contributed by atoms with van der Waals surface area (Å²) in [4.78, 5) is 23.2. The molecule has 8 heteroatoms.